The fourth-order valence-corrected chi connectivity index (χ4v) is 5.24. The number of carbonyl (C=O) groups is 1. The van der Waals surface area contributed by atoms with E-state index in [0.717, 1.165) is 38.8 Å². The summed E-state index contributed by atoms with van der Waals surface area (Å²) in [5.74, 6) is -0.139. The highest BCUT2D eigenvalue weighted by atomic mass is 32.2. The zero-order valence-electron chi connectivity index (χ0n) is 16.2. The number of hydrogen-bond donors (Lipinski definition) is 1. The number of rotatable bonds is 7. The van der Waals surface area contributed by atoms with Crippen molar-refractivity contribution in [2.45, 2.75) is 39.0 Å². The van der Waals surface area contributed by atoms with Crippen molar-refractivity contribution in [3.8, 4) is 0 Å². The normalized spacial score (nSPS) is 20.9. The molecule has 0 aromatic heterocycles. The first-order valence-electron chi connectivity index (χ1n) is 10.1. The SMILES string of the molecule is CCS(=O)(=O)N1CCC[C@@H](C(=O)NCCCN2CCCc3ccccc32)C1. The first kappa shape index (κ1) is 20.1. The Morgan fingerprint density at radius 1 is 1.22 bits per heavy atom. The summed E-state index contributed by atoms with van der Waals surface area (Å²) in [7, 11) is -3.21. The minimum Gasteiger partial charge on any atom is -0.371 e. The van der Waals surface area contributed by atoms with Crippen molar-refractivity contribution in [2.75, 3.05) is 43.4 Å². The largest absolute Gasteiger partial charge is 0.371 e. The molecule has 0 radical (unpaired) electrons. The summed E-state index contributed by atoms with van der Waals surface area (Å²) >= 11 is 0. The maximum absolute atomic E-state index is 12.5. The predicted octanol–water partition coefficient (Wildman–Crippen LogP) is 2.01. The quantitative estimate of drug-likeness (QED) is 0.720. The molecule has 0 unspecified atom stereocenters. The van der Waals surface area contributed by atoms with Crippen molar-refractivity contribution in [1.82, 2.24) is 9.62 Å². The van der Waals surface area contributed by atoms with Crippen molar-refractivity contribution < 1.29 is 13.2 Å². The van der Waals surface area contributed by atoms with Gasteiger partial charge in [-0.25, -0.2) is 12.7 Å². The number of nitrogens with one attached hydrogen (secondary N) is 1. The molecule has 27 heavy (non-hydrogen) atoms. The second kappa shape index (κ2) is 9.06. The monoisotopic (exact) mass is 393 g/mol. The van der Waals surface area contributed by atoms with Gasteiger partial charge in [-0.15, -0.1) is 0 Å². The molecule has 150 valence electrons. The summed E-state index contributed by atoms with van der Waals surface area (Å²) in [5, 5.41) is 3.02. The first-order chi connectivity index (χ1) is 13.0. The van der Waals surface area contributed by atoms with E-state index in [2.05, 4.69) is 34.5 Å². The number of benzene rings is 1. The van der Waals surface area contributed by atoms with Gasteiger partial charge in [0.2, 0.25) is 15.9 Å². The van der Waals surface area contributed by atoms with Crippen LogP contribution in [0.15, 0.2) is 24.3 Å². The van der Waals surface area contributed by atoms with Crippen LogP contribution in [0.3, 0.4) is 0 Å². The van der Waals surface area contributed by atoms with Gasteiger partial charge in [0.25, 0.3) is 0 Å². The molecule has 1 fully saturated rings. The van der Waals surface area contributed by atoms with Crippen LogP contribution in [0.2, 0.25) is 0 Å². The molecule has 0 saturated carbocycles. The average molecular weight is 394 g/mol. The Labute approximate surface area is 163 Å². The second-order valence-corrected chi connectivity index (χ2v) is 9.72. The Balaban J connectivity index is 1.44. The van der Waals surface area contributed by atoms with E-state index in [1.807, 2.05) is 0 Å². The number of nitrogens with zero attached hydrogens (tertiary/aromatic N) is 2. The third-order valence-electron chi connectivity index (χ3n) is 5.62. The summed E-state index contributed by atoms with van der Waals surface area (Å²) in [6.45, 7) is 5.14. The molecule has 1 N–H and O–H groups in total. The number of aryl methyl sites for hydroxylation is 1. The first-order valence-corrected chi connectivity index (χ1v) is 11.7. The number of amides is 1. The number of fused-ring (bicyclic) bond motifs is 1. The summed E-state index contributed by atoms with van der Waals surface area (Å²) in [6, 6.07) is 8.55. The number of para-hydroxylation sites is 1. The molecule has 2 aliphatic rings. The van der Waals surface area contributed by atoms with Gasteiger partial charge in [-0.1, -0.05) is 18.2 Å². The Morgan fingerprint density at radius 2 is 2.04 bits per heavy atom. The highest BCUT2D eigenvalue weighted by molar-refractivity contribution is 7.89. The molecule has 1 amide bonds. The van der Waals surface area contributed by atoms with E-state index in [9.17, 15) is 13.2 Å². The Morgan fingerprint density at radius 3 is 2.85 bits per heavy atom. The van der Waals surface area contributed by atoms with Crippen LogP contribution >= 0.6 is 0 Å². The second-order valence-electron chi connectivity index (χ2n) is 7.46. The molecular weight excluding hydrogens is 362 g/mol. The molecule has 1 aromatic carbocycles. The van der Waals surface area contributed by atoms with Crippen molar-refractivity contribution in [1.29, 1.82) is 0 Å². The molecule has 1 atom stereocenters. The van der Waals surface area contributed by atoms with Crippen LogP contribution in [0.25, 0.3) is 0 Å². The third-order valence-corrected chi connectivity index (χ3v) is 7.47. The van der Waals surface area contributed by atoms with E-state index in [4.69, 9.17) is 0 Å². The van der Waals surface area contributed by atoms with Crippen LogP contribution in [0.5, 0.6) is 0 Å². The van der Waals surface area contributed by atoms with Gasteiger partial charge >= 0.3 is 0 Å². The summed E-state index contributed by atoms with van der Waals surface area (Å²) in [5.41, 5.74) is 2.73. The third kappa shape index (κ3) is 5.02. The average Bonchev–Trinajstić information content (AvgIpc) is 2.71. The fourth-order valence-electron chi connectivity index (χ4n) is 4.06. The lowest BCUT2D eigenvalue weighted by atomic mass is 9.99. The molecule has 7 heteroatoms. The molecule has 0 bridgehead atoms. The van der Waals surface area contributed by atoms with Crippen LogP contribution < -0.4 is 10.2 Å². The van der Waals surface area contributed by atoms with Crippen LogP contribution in [0, 0.1) is 5.92 Å². The van der Waals surface area contributed by atoms with Gasteiger partial charge in [0.1, 0.15) is 0 Å². The van der Waals surface area contributed by atoms with Crippen LogP contribution in [0.1, 0.15) is 38.2 Å². The number of hydrogen-bond acceptors (Lipinski definition) is 4. The standard InChI is InChI=1S/C20H31N3O3S/c1-2-27(25,26)23-15-6-10-18(16-23)20(24)21-12-7-14-22-13-5-9-17-8-3-4-11-19(17)22/h3-4,8,11,18H,2,5-7,9-10,12-16H2,1H3,(H,21,24)/t18-/m1/s1. The number of anilines is 1. The maximum Gasteiger partial charge on any atom is 0.224 e. The van der Waals surface area contributed by atoms with Gasteiger partial charge in [-0.2, -0.15) is 0 Å². The van der Waals surface area contributed by atoms with Crippen molar-refractivity contribution in [2.24, 2.45) is 5.92 Å². The number of sulfonamides is 1. The fraction of sp³-hybridized carbons (Fsp3) is 0.650. The van der Waals surface area contributed by atoms with Gasteiger partial charge in [0.15, 0.2) is 0 Å². The molecular formula is C20H31N3O3S. The zero-order valence-corrected chi connectivity index (χ0v) is 17.0. The highest BCUT2D eigenvalue weighted by Crippen LogP contribution is 2.26. The molecule has 3 rings (SSSR count). The lowest BCUT2D eigenvalue weighted by molar-refractivity contribution is -0.126. The van der Waals surface area contributed by atoms with Crippen molar-refractivity contribution in [3.05, 3.63) is 29.8 Å². The molecule has 2 heterocycles. The van der Waals surface area contributed by atoms with Crippen LogP contribution in [-0.2, 0) is 21.2 Å². The van der Waals surface area contributed by atoms with Crippen LogP contribution in [0.4, 0.5) is 5.69 Å². The van der Waals surface area contributed by atoms with E-state index < -0.39 is 10.0 Å². The summed E-state index contributed by atoms with van der Waals surface area (Å²) < 4.78 is 25.6. The molecule has 0 aliphatic carbocycles. The van der Waals surface area contributed by atoms with Crippen LogP contribution in [-0.4, -0.2) is 57.1 Å². The number of piperidine rings is 1. The van der Waals surface area contributed by atoms with E-state index in [1.54, 1.807) is 6.92 Å². The lowest BCUT2D eigenvalue weighted by Crippen LogP contribution is -2.46. The molecule has 0 spiro atoms. The molecule has 6 nitrogen and oxygen atoms in total. The molecule has 1 saturated heterocycles. The van der Waals surface area contributed by atoms with E-state index >= 15 is 0 Å². The zero-order chi connectivity index (χ0) is 19.3. The number of carbonyl (C=O) groups excluding carboxylic acids is 1. The van der Waals surface area contributed by atoms with Gasteiger partial charge in [-0.3, -0.25) is 4.79 Å². The predicted molar refractivity (Wildman–Crippen MR) is 108 cm³/mol. The maximum atomic E-state index is 12.5. The molecule has 2 aliphatic heterocycles. The van der Waals surface area contributed by atoms with Gasteiger partial charge in [0, 0.05) is 38.4 Å². The molecule has 1 aromatic rings. The van der Waals surface area contributed by atoms with Gasteiger partial charge in [0.05, 0.1) is 11.7 Å². The summed E-state index contributed by atoms with van der Waals surface area (Å²) in [6.07, 6.45) is 4.72. The Hall–Kier alpha value is -1.60. The highest BCUT2D eigenvalue weighted by Gasteiger charge is 2.31. The van der Waals surface area contributed by atoms with Crippen molar-refractivity contribution >= 4 is 21.6 Å². The smallest absolute Gasteiger partial charge is 0.224 e. The van der Waals surface area contributed by atoms with Gasteiger partial charge in [-0.05, 0) is 50.7 Å². The van der Waals surface area contributed by atoms with Gasteiger partial charge < -0.3 is 10.2 Å². The minimum atomic E-state index is -3.21. The Bertz CT molecular complexity index is 751. The van der Waals surface area contributed by atoms with E-state index in [0.29, 0.717) is 19.6 Å². The summed E-state index contributed by atoms with van der Waals surface area (Å²) in [4.78, 5) is 14.9. The van der Waals surface area contributed by atoms with Crippen molar-refractivity contribution in [3.63, 3.8) is 0 Å². The Kier molecular flexibility index (Phi) is 6.76. The van der Waals surface area contributed by atoms with E-state index in [-0.39, 0.29) is 17.6 Å². The lowest BCUT2D eigenvalue weighted by Gasteiger charge is -2.32. The topological polar surface area (TPSA) is 69.7 Å². The van der Waals surface area contributed by atoms with E-state index in [1.165, 1.54) is 22.0 Å². The minimum absolute atomic E-state index is 0.00922.